The lowest BCUT2D eigenvalue weighted by molar-refractivity contribution is -0.120. The van der Waals surface area contributed by atoms with Gasteiger partial charge in [0.05, 0.1) is 18.6 Å². The number of sulfonamides is 1. The van der Waals surface area contributed by atoms with Crippen LogP contribution in [0.25, 0.3) is 0 Å². The number of hydrogen-bond acceptors (Lipinski definition) is 7. The van der Waals surface area contributed by atoms with Crippen LogP contribution < -0.4 is 15.6 Å². The van der Waals surface area contributed by atoms with Gasteiger partial charge in [0.2, 0.25) is 21.9 Å². The van der Waals surface area contributed by atoms with E-state index in [2.05, 4.69) is 20.8 Å². The average Bonchev–Trinajstić information content (AvgIpc) is 2.60. The van der Waals surface area contributed by atoms with E-state index >= 15 is 0 Å². The number of methoxy groups -OCH3 is 1. The molecule has 0 atom stereocenters. The van der Waals surface area contributed by atoms with Gasteiger partial charge in [-0.2, -0.15) is 9.29 Å². The minimum Gasteiger partial charge on any atom is -0.481 e. The van der Waals surface area contributed by atoms with Crippen LogP contribution >= 0.6 is 0 Å². The van der Waals surface area contributed by atoms with E-state index in [0.717, 1.165) is 28.6 Å². The third kappa shape index (κ3) is 4.84. The number of nitrogens with one attached hydrogen (secondary N) is 2. The Labute approximate surface area is 143 Å². The predicted molar refractivity (Wildman–Crippen MR) is 86.6 cm³/mol. The van der Waals surface area contributed by atoms with Crippen molar-refractivity contribution in [3.8, 4) is 5.88 Å². The second-order valence-electron chi connectivity index (χ2n) is 4.81. The fourth-order valence-electron chi connectivity index (χ4n) is 1.75. The van der Waals surface area contributed by atoms with Crippen LogP contribution in [0.4, 0.5) is 10.3 Å². The first-order valence-corrected chi connectivity index (χ1v) is 8.40. The normalized spacial score (nSPS) is 11.2. The Bertz CT molecular complexity index is 845. The minimum absolute atomic E-state index is 0.0803. The monoisotopic (exact) mass is 369 g/mol. The number of likely N-dealkylation sites (N-methyl/N-ethyl adjacent to an activating group) is 1. The number of hydrogen-bond donors (Lipinski definition) is 2. The Morgan fingerprint density at radius 3 is 2.60 bits per heavy atom. The molecule has 0 spiro atoms. The number of carbonyl (C=O) groups excluding carboxylic acids is 1. The average molecular weight is 369 g/mol. The zero-order valence-corrected chi connectivity index (χ0v) is 14.2. The molecule has 2 N–H and O–H groups in total. The van der Waals surface area contributed by atoms with E-state index in [9.17, 15) is 17.6 Å². The van der Waals surface area contributed by atoms with Crippen molar-refractivity contribution in [2.45, 2.75) is 4.90 Å². The molecule has 0 aliphatic heterocycles. The molecule has 0 aliphatic carbocycles. The molecule has 0 aliphatic rings. The molecule has 25 heavy (non-hydrogen) atoms. The first-order valence-electron chi connectivity index (χ1n) is 6.96. The lowest BCUT2D eigenvalue weighted by atomic mass is 10.4. The van der Waals surface area contributed by atoms with Crippen molar-refractivity contribution >= 4 is 21.9 Å². The van der Waals surface area contributed by atoms with Crippen molar-refractivity contribution in [1.29, 1.82) is 0 Å². The molecule has 1 amide bonds. The summed E-state index contributed by atoms with van der Waals surface area (Å²) >= 11 is 0. The molecule has 1 heterocycles. The SMILES string of the molecule is COc1ccnc(NNC(=O)CN(C)S(=O)(=O)c2ccc(F)cc2)n1. The van der Waals surface area contributed by atoms with E-state index in [-0.39, 0.29) is 10.8 Å². The van der Waals surface area contributed by atoms with E-state index in [0.29, 0.717) is 5.88 Å². The lowest BCUT2D eigenvalue weighted by Crippen LogP contribution is -2.40. The molecule has 0 saturated carbocycles. The summed E-state index contributed by atoms with van der Waals surface area (Å²) in [5.41, 5.74) is 4.73. The Kier molecular flexibility index (Phi) is 5.83. The summed E-state index contributed by atoms with van der Waals surface area (Å²) in [6.07, 6.45) is 1.42. The Morgan fingerprint density at radius 1 is 1.28 bits per heavy atom. The van der Waals surface area contributed by atoms with Gasteiger partial charge in [-0.3, -0.25) is 15.6 Å². The van der Waals surface area contributed by atoms with Crippen molar-refractivity contribution < 1.29 is 22.3 Å². The topological polar surface area (TPSA) is 114 Å². The van der Waals surface area contributed by atoms with Crippen LogP contribution in [0.15, 0.2) is 41.4 Å². The molecule has 1 aromatic carbocycles. The largest absolute Gasteiger partial charge is 0.481 e. The lowest BCUT2D eigenvalue weighted by Gasteiger charge is -2.17. The Morgan fingerprint density at radius 2 is 1.96 bits per heavy atom. The number of aromatic nitrogens is 2. The number of carbonyl (C=O) groups is 1. The summed E-state index contributed by atoms with van der Waals surface area (Å²) in [7, 11) is -1.25. The molecule has 2 aromatic rings. The van der Waals surface area contributed by atoms with Crippen molar-refractivity contribution in [2.24, 2.45) is 0 Å². The summed E-state index contributed by atoms with van der Waals surface area (Å²) in [6, 6.07) is 5.84. The highest BCUT2D eigenvalue weighted by molar-refractivity contribution is 7.89. The molecular formula is C14H16FN5O4S. The number of halogens is 1. The molecule has 1 aromatic heterocycles. The number of hydrazine groups is 1. The van der Waals surface area contributed by atoms with Crippen molar-refractivity contribution in [3.63, 3.8) is 0 Å². The van der Waals surface area contributed by atoms with E-state index in [4.69, 9.17) is 4.74 Å². The Hall–Kier alpha value is -2.79. The van der Waals surface area contributed by atoms with Gasteiger partial charge >= 0.3 is 0 Å². The third-order valence-electron chi connectivity index (χ3n) is 3.04. The van der Waals surface area contributed by atoms with Crippen molar-refractivity contribution in [1.82, 2.24) is 19.7 Å². The van der Waals surface area contributed by atoms with E-state index in [1.165, 1.54) is 26.4 Å². The van der Waals surface area contributed by atoms with E-state index < -0.39 is 28.3 Å². The van der Waals surface area contributed by atoms with Crippen molar-refractivity contribution in [3.05, 3.63) is 42.3 Å². The van der Waals surface area contributed by atoms with Gasteiger partial charge in [-0.1, -0.05) is 0 Å². The molecule has 0 radical (unpaired) electrons. The highest BCUT2D eigenvalue weighted by Gasteiger charge is 2.23. The van der Waals surface area contributed by atoms with Crippen LogP contribution in [0, 0.1) is 5.82 Å². The summed E-state index contributed by atoms with van der Waals surface area (Å²) < 4.78 is 43.2. The fourth-order valence-corrected chi connectivity index (χ4v) is 2.88. The zero-order chi connectivity index (χ0) is 18.4. The number of rotatable bonds is 7. The van der Waals surface area contributed by atoms with Crippen LogP contribution in [0.5, 0.6) is 5.88 Å². The molecular weight excluding hydrogens is 353 g/mol. The molecule has 0 fully saturated rings. The van der Waals surface area contributed by atoms with Gasteiger partial charge in [0, 0.05) is 19.3 Å². The van der Waals surface area contributed by atoms with Gasteiger partial charge < -0.3 is 4.74 Å². The second-order valence-corrected chi connectivity index (χ2v) is 6.86. The maximum absolute atomic E-state index is 12.9. The Balaban J connectivity index is 1.96. The maximum atomic E-state index is 12.9. The molecule has 134 valence electrons. The number of amides is 1. The van der Waals surface area contributed by atoms with Crippen molar-refractivity contribution in [2.75, 3.05) is 26.1 Å². The summed E-state index contributed by atoms with van der Waals surface area (Å²) in [4.78, 5) is 19.5. The van der Waals surface area contributed by atoms with Crippen LogP contribution in [-0.4, -0.2) is 49.3 Å². The van der Waals surface area contributed by atoms with Gasteiger partial charge in [-0.25, -0.2) is 17.8 Å². The second kappa shape index (κ2) is 7.85. The van der Waals surface area contributed by atoms with Gasteiger partial charge in [0.15, 0.2) is 0 Å². The summed E-state index contributed by atoms with van der Waals surface area (Å²) in [5, 5.41) is 0. The molecule has 2 rings (SSSR count). The first kappa shape index (κ1) is 18.5. The predicted octanol–water partition coefficient (Wildman–Crippen LogP) is 0.388. The highest BCUT2D eigenvalue weighted by Crippen LogP contribution is 2.14. The molecule has 11 heteroatoms. The quantitative estimate of drug-likeness (QED) is 0.679. The van der Waals surface area contributed by atoms with E-state index in [1.54, 1.807) is 0 Å². The molecule has 0 unspecified atom stereocenters. The van der Waals surface area contributed by atoms with E-state index in [1.807, 2.05) is 0 Å². The van der Waals surface area contributed by atoms with Gasteiger partial charge in [-0.15, -0.1) is 0 Å². The van der Waals surface area contributed by atoms with Gasteiger partial charge in [-0.05, 0) is 24.3 Å². The van der Waals surface area contributed by atoms with Crippen LogP contribution in [-0.2, 0) is 14.8 Å². The van der Waals surface area contributed by atoms with Gasteiger partial charge in [0.1, 0.15) is 5.82 Å². The zero-order valence-electron chi connectivity index (χ0n) is 13.4. The summed E-state index contributed by atoms with van der Waals surface area (Å²) in [5.74, 6) is -0.819. The first-order chi connectivity index (χ1) is 11.8. The smallest absolute Gasteiger partial charge is 0.253 e. The van der Waals surface area contributed by atoms with Crippen LogP contribution in [0.3, 0.4) is 0 Å². The minimum atomic E-state index is -3.92. The third-order valence-corrected chi connectivity index (χ3v) is 4.86. The molecule has 9 nitrogen and oxygen atoms in total. The standard InChI is InChI=1S/C14H16FN5O4S/c1-20(25(22,23)11-5-3-10(15)4-6-11)9-12(21)18-19-14-16-8-7-13(17-14)24-2/h3-8H,9H2,1-2H3,(H,18,21)(H,16,17,19). The highest BCUT2D eigenvalue weighted by atomic mass is 32.2. The fraction of sp³-hybridized carbons (Fsp3) is 0.214. The number of anilines is 1. The molecule has 0 bridgehead atoms. The van der Waals surface area contributed by atoms with Crippen LogP contribution in [0.2, 0.25) is 0 Å². The summed E-state index contributed by atoms with van der Waals surface area (Å²) in [6.45, 7) is -0.462. The number of benzene rings is 1. The number of nitrogens with zero attached hydrogens (tertiary/aromatic N) is 3. The maximum Gasteiger partial charge on any atom is 0.253 e. The number of ether oxygens (including phenoxy) is 1. The van der Waals surface area contributed by atoms with Crippen LogP contribution in [0.1, 0.15) is 0 Å². The molecule has 0 saturated heterocycles. The van der Waals surface area contributed by atoms with Gasteiger partial charge in [0.25, 0.3) is 5.91 Å².